The molecule has 1 amide bonds. The van der Waals surface area contributed by atoms with Crippen LogP contribution >= 0.6 is 0 Å². The molecule has 0 unspecified atom stereocenters. The normalized spacial score (nSPS) is 17.5. The number of hydrogen-bond donors (Lipinski definition) is 0. The van der Waals surface area contributed by atoms with Gasteiger partial charge in [-0.2, -0.15) is 18.4 Å². The molecular formula is C28H25F4N3O3. The van der Waals surface area contributed by atoms with Crippen LogP contribution in [0.3, 0.4) is 0 Å². The molecule has 1 fully saturated rings. The van der Waals surface area contributed by atoms with Gasteiger partial charge in [0.1, 0.15) is 29.4 Å². The number of benzene rings is 2. The Bertz CT molecular complexity index is 1420. The monoisotopic (exact) mass is 527 g/mol. The Balaban J connectivity index is 1.80. The molecule has 0 radical (unpaired) electrons. The van der Waals surface area contributed by atoms with Gasteiger partial charge in [-0.25, -0.2) is 14.2 Å². The number of nitriles is 1. The van der Waals surface area contributed by atoms with Crippen molar-refractivity contribution in [2.75, 3.05) is 7.11 Å². The van der Waals surface area contributed by atoms with E-state index in [4.69, 9.17) is 14.7 Å². The van der Waals surface area contributed by atoms with Crippen molar-refractivity contribution < 1.29 is 31.8 Å². The van der Waals surface area contributed by atoms with Crippen molar-refractivity contribution >= 4 is 6.09 Å². The van der Waals surface area contributed by atoms with Gasteiger partial charge in [-0.15, -0.1) is 0 Å². The smallest absolute Gasteiger partial charge is 0.416 e. The van der Waals surface area contributed by atoms with Gasteiger partial charge >= 0.3 is 12.3 Å². The highest BCUT2D eigenvalue weighted by Gasteiger charge is 2.40. The average Bonchev–Trinajstić information content (AvgIpc) is 3.16. The molecule has 1 aromatic heterocycles. The molecule has 0 spiro atoms. The lowest BCUT2D eigenvalue weighted by Gasteiger charge is -2.24. The SMILES string of the molecule is COc1cc(F)c(C(C)C)cc1-c1ccc(C(F)(F)F)cc1CN1C(=O)O[C@H](c2ccnc(C#N)c2)[C@@H]1C. The van der Waals surface area contributed by atoms with E-state index in [1.165, 1.54) is 36.4 Å². The molecule has 0 aliphatic carbocycles. The van der Waals surface area contributed by atoms with E-state index in [9.17, 15) is 22.4 Å². The van der Waals surface area contributed by atoms with Crippen molar-refractivity contribution in [1.82, 2.24) is 9.88 Å². The second-order valence-corrected chi connectivity index (χ2v) is 9.36. The van der Waals surface area contributed by atoms with Crippen molar-refractivity contribution in [3.05, 3.63) is 82.4 Å². The number of carbonyl (C=O) groups is 1. The lowest BCUT2D eigenvalue weighted by molar-refractivity contribution is -0.137. The first kappa shape index (κ1) is 26.9. The van der Waals surface area contributed by atoms with Crippen LogP contribution in [-0.2, 0) is 17.5 Å². The van der Waals surface area contributed by atoms with Crippen LogP contribution in [0.15, 0.2) is 48.7 Å². The molecule has 10 heteroatoms. The molecule has 6 nitrogen and oxygen atoms in total. The largest absolute Gasteiger partial charge is 0.496 e. The van der Waals surface area contributed by atoms with Crippen molar-refractivity contribution in [3.8, 4) is 22.9 Å². The maximum atomic E-state index is 14.7. The van der Waals surface area contributed by atoms with Gasteiger partial charge in [-0.05, 0) is 65.4 Å². The van der Waals surface area contributed by atoms with Crippen LogP contribution in [0.25, 0.3) is 11.1 Å². The molecule has 1 aliphatic heterocycles. The van der Waals surface area contributed by atoms with E-state index in [1.807, 2.05) is 6.07 Å². The number of aromatic nitrogens is 1. The van der Waals surface area contributed by atoms with Gasteiger partial charge in [-0.3, -0.25) is 4.90 Å². The maximum Gasteiger partial charge on any atom is 0.416 e. The van der Waals surface area contributed by atoms with E-state index >= 15 is 0 Å². The zero-order valence-electron chi connectivity index (χ0n) is 21.1. The molecule has 4 rings (SSSR count). The van der Waals surface area contributed by atoms with Crippen molar-refractivity contribution in [2.24, 2.45) is 0 Å². The first-order chi connectivity index (χ1) is 17.9. The number of halogens is 4. The molecule has 38 heavy (non-hydrogen) atoms. The van der Waals surface area contributed by atoms with E-state index in [2.05, 4.69) is 4.98 Å². The van der Waals surface area contributed by atoms with Crippen LogP contribution in [0.4, 0.5) is 22.4 Å². The molecule has 1 saturated heterocycles. The second kappa shape index (κ2) is 10.3. The summed E-state index contributed by atoms with van der Waals surface area (Å²) in [6.07, 6.45) is -4.65. The molecule has 198 valence electrons. The minimum Gasteiger partial charge on any atom is -0.496 e. The summed E-state index contributed by atoms with van der Waals surface area (Å²) in [4.78, 5) is 18.1. The van der Waals surface area contributed by atoms with Gasteiger partial charge in [-0.1, -0.05) is 19.9 Å². The number of alkyl halides is 3. The van der Waals surface area contributed by atoms with Gasteiger partial charge in [0.25, 0.3) is 0 Å². The fourth-order valence-electron chi connectivity index (χ4n) is 4.59. The molecule has 0 N–H and O–H groups in total. The van der Waals surface area contributed by atoms with Gasteiger partial charge in [0.2, 0.25) is 0 Å². The second-order valence-electron chi connectivity index (χ2n) is 9.36. The lowest BCUT2D eigenvalue weighted by atomic mass is 9.92. The Morgan fingerprint density at radius 3 is 2.53 bits per heavy atom. The highest BCUT2D eigenvalue weighted by Crippen LogP contribution is 2.41. The lowest BCUT2D eigenvalue weighted by Crippen LogP contribution is -2.31. The topological polar surface area (TPSA) is 75.4 Å². The van der Waals surface area contributed by atoms with Crippen LogP contribution in [0.2, 0.25) is 0 Å². The van der Waals surface area contributed by atoms with E-state index in [-0.39, 0.29) is 29.5 Å². The molecule has 3 aromatic rings. The zero-order chi connectivity index (χ0) is 27.8. The first-order valence-electron chi connectivity index (χ1n) is 11.9. The van der Waals surface area contributed by atoms with Crippen molar-refractivity contribution in [3.63, 3.8) is 0 Å². The van der Waals surface area contributed by atoms with Crippen LogP contribution in [0, 0.1) is 17.1 Å². The molecule has 2 heterocycles. The van der Waals surface area contributed by atoms with Gasteiger partial charge in [0.05, 0.1) is 25.3 Å². The summed E-state index contributed by atoms with van der Waals surface area (Å²) in [5, 5.41) is 9.16. The molecule has 0 bridgehead atoms. The van der Waals surface area contributed by atoms with Gasteiger partial charge < -0.3 is 9.47 Å². The predicted molar refractivity (Wildman–Crippen MR) is 131 cm³/mol. The minimum absolute atomic E-state index is 0.147. The summed E-state index contributed by atoms with van der Waals surface area (Å²) in [7, 11) is 1.35. The Labute approximate surface area is 217 Å². The fourth-order valence-corrected chi connectivity index (χ4v) is 4.59. The van der Waals surface area contributed by atoms with Crippen LogP contribution in [0.1, 0.15) is 60.7 Å². The summed E-state index contributed by atoms with van der Waals surface area (Å²) < 4.78 is 66.6. The Morgan fingerprint density at radius 1 is 1.16 bits per heavy atom. The van der Waals surface area contributed by atoms with Gasteiger partial charge in [0.15, 0.2) is 0 Å². The van der Waals surface area contributed by atoms with E-state index in [0.717, 1.165) is 12.1 Å². The van der Waals surface area contributed by atoms with Crippen LogP contribution in [-0.4, -0.2) is 29.1 Å². The Kier molecular flexibility index (Phi) is 7.31. The first-order valence-corrected chi connectivity index (χ1v) is 11.9. The molecule has 1 aliphatic rings. The zero-order valence-corrected chi connectivity index (χ0v) is 21.1. The third kappa shape index (κ3) is 5.14. The average molecular weight is 528 g/mol. The van der Waals surface area contributed by atoms with Crippen LogP contribution in [0.5, 0.6) is 5.75 Å². The van der Waals surface area contributed by atoms with Gasteiger partial charge in [0, 0.05) is 17.8 Å². The molecule has 2 aromatic carbocycles. The number of carbonyl (C=O) groups excluding carboxylic acids is 1. The number of ether oxygens (including phenoxy) is 2. The van der Waals surface area contributed by atoms with E-state index < -0.39 is 35.8 Å². The number of hydrogen-bond acceptors (Lipinski definition) is 5. The molecular weight excluding hydrogens is 502 g/mol. The quantitative estimate of drug-likeness (QED) is 0.323. The maximum absolute atomic E-state index is 14.7. The summed E-state index contributed by atoms with van der Waals surface area (Å²) in [6.45, 7) is 5.12. The van der Waals surface area contributed by atoms with Crippen molar-refractivity contribution in [1.29, 1.82) is 5.26 Å². The number of pyridine rings is 1. The predicted octanol–water partition coefficient (Wildman–Crippen LogP) is 6.99. The number of rotatable bonds is 6. The van der Waals surface area contributed by atoms with E-state index in [0.29, 0.717) is 22.3 Å². The summed E-state index contributed by atoms with van der Waals surface area (Å²) in [6, 6.07) is 10.5. The number of nitrogens with zero attached hydrogens (tertiary/aromatic N) is 3. The standard InChI is InChI=1S/C28H25F4N3O3/c1-15(2)22-11-23(25(37-4)12-24(22)29)21-6-5-19(28(30,31)32)9-18(21)14-35-16(3)26(38-27(35)36)17-7-8-34-20(10-17)13-33/h5-12,15-16,26H,14H2,1-4H3/t16-,26-/m0/s1. The van der Waals surface area contributed by atoms with Crippen LogP contribution < -0.4 is 4.74 Å². The number of amides is 1. The molecule has 0 saturated carbocycles. The fraction of sp³-hybridized carbons (Fsp3) is 0.321. The number of cyclic esters (lactones) is 1. The minimum atomic E-state index is -4.62. The van der Waals surface area contributed by atoms with Crippen molar-refractivity contribution in [2.45, 2.75) is 51.6 Å². The third-order valence-corrected chi connectivity index (χ3v) is 6.62. The third-order valence-electron chi connectivity index (χ3n) is 6.62. The van der Waals surface area contributed by atoms with E-state index in [1.54, 1.807) is 32.9 Å². The number of methoxy groups -OCH3 is 1. The Morgan fingerprint density at radius 2 is 1.89 bits per heavy atom. The summed E-state index contributed by atoms with van der Waals surface area (Å²) >= 11 is 0. The highest BCUT2D eigenvalue weighted by atomic mass is 19.4. The molecule has 2 atom stereocenters. The summed E-state index contributed by atoms with van der Waals surface area (Å²) in [5.41, 5.74) is 1.16. The Hall–Kier alpha value is -4.13. The highest BCUT2D eigenvalue weighted by molar-refractivity contribution is 5.76. The summed E-state index contributed by atoms with van der Waals surface area (Å²) in [5.74, 6) is -0.517.